The summed E-state index contributed by atoms with van der Waals surface area (Å²) in [4.78, 5) is 37.8. The van der Waals surface area contributed by atoms with Crippen LogP contribution in [0.25, 0.3) is 0 Å². The summed E-state index contributed by atoms with van der Waals surface area (Å²) in [6, 6.07) is 2.86. The highest BCUT2D eigenvalue weighted by molar-refractivity contribution is 6.23. The molecule has 0 aromatic heterocycles. The molecular formula is C19H16F3NO5. The topological polar surface area (TPSA) is 83.9 Å². The van der Waals surface area contributed by atoms with Gasteiger partial charge in [0.05, 0.1) is 24.6 Å². The van der Waals surface area contributed by atoms with Gasteiger partial charge in [-0.2, -0.15) is 13.2 Å². The zero-order chi connectivity index (χ0) is 20.9. The maximum atomic E-state index is 13.4. The van der Waals surface area contributed by atoms with Crippen LogP contribution in [0, 0.1) is 18.8 Å². The third kappa shape index (κ3) is 2.73. The van der Waals surface area contributed by atoms with E-state index in [9.17, 15) is 32.7 Å². The van der Waals surface area contributed by atoms with Crippen LogP contribution in [0.2, 0.25) is 0 Å². The van der Waals surface area contributed by atoms with E-state index in [-0.39, 0.29) is 11.3 Å². The third-order valence-electron chi connectivity index (χ3n) is 4.89. The number of fused-ring (bicyclic) bond motifs is 1. The maximum absolute atomic E-state index is 13.4. The molecule has 0 radical (unpaired) electrons. The molecule has 9 heteroatoms. The van der Waals surface area contributed by atoms with Gasteiger partial charge < -0.3 is 9.84 Å². The quantitative estimate of drug-likeness (QED) is 0.626. The van der Waals surface area contributed by atoms with Crippen molar-refractivity contribution in [3.8, 4) is 0 Å². The molecule has 148 valence electrons. The van der Waals surface area contributed by atoms with Crippen LogP contribution in [0.1, 0.15) is 11.1 Å². The summed E-state index contributed by atoms with van der Waals surface area (Å²) in [5, 5.41) is 10.1. The van der Waals surface area contributed by atoms with Gasteiger partial charge in [0, 0.05) is 5.56 Å². The van der Waals surface area contributed by atoms with Gasteiger partial charge in [-0.25, -0.2) is 9.69 Å². The van der Waals surface area contributed by atoms with Crippen LogP contribution >= 0.6 is 0 Å². The van der Waals surface area contributed by atoms with Gasteiger partial charge in [0.1, 0.15) is 0 Å². The molecule has 6 nitrogen and oxygen atoms in total. The lowest BCUT2D eigenvalue weighted by atomic mass is 9.91. The Balaban J connectivity index is 2.05. The SMILES string of the molecule is COC(=O)[C@](O)(c1ccc(N2C(=O)[C@@H]3C=CC=C[C@H]3C2=O)c(C)c1)C(F)(F)F. The van der Waals surface area contributed by atoms with E-state index in [1.165, 1.54) is 6.92 Å². The molecule has 0 spiro atoms. The fourth-order valence-corrected chi connectivity index (χ4v) is 3.40. The minimum absolute atomic E-state index is 0.0874. The maximum Gasteiger partial charge on any atom is 0.432 e. The molecule has 1 saturated heterocycles. The van der Waals surface area contributed by atoms with E-state index in [1.807, 2.05) is 0 Å². The second-order valence-corrected chi connectivity index (χ2v) is 6.53. The molecule has 3 atom stereocenters. The smallest absolute Gasteiger partial charge is 0.432 e. The van der Waals surface area contributed by atoms with Gasteiger partial charge in [-0.05, 0) is 18.6 Å². The number of rotatable bonds is 3. The van der Waals surface area contributed by atoms with Crippen LogP contribution in [-0.4, -0.2) is 36.2 Å². The first-order chi connectivity index (χ1) is 13.0. The second kappa shape index (κ2) is 6.59. The molecule has 1 aromatic carbocycles. The van der Waals surface area contributed by atoms with E-state index >= 15 is 0 Å². The highest BCUT2D eigenvalue weighted by atomic mass is 19.4. The fraction of sp³-hybridized carbons (Fsp3) is 0.316. The standard InChI is InChI=1S/C19H16F3NO5/c1-10-9-11(18(27,17(26)28-2)19(20,21)22)7-8-14(10)23-15(24)12-5-3-4-6-13(12)16(23)25/h3-9,12-13,27H,1-2H3/t12-,13-,18-/m1/s1. The van der Waals surface area contributed by atoms with E-state index in [0.717, 1.165) is 30.2 Å². The zero-order valence-electron chi connectivity index (χ0n) is 14.9. The second-order valence-electron chi connectivity index (χ2n) is 6.53. The molecule has 28 heavy (non-hydrogen) atoms. The molecule has 1 N–H and O–H groups in total. The van der Waals surface area contributed by atoms with Gasteiger partial charge in [0.25, 0.3) is 5.60 Å². The lowest BCUT2D eigenvalue weighted by Crippen LogP contribution is -2.50. The Morgan fingerprint density at radius 1 is 1.11 bits per heavy atom. The number of carbonyl (C=O) groups excluding carboxylic acids is 3. The Morgan fingerprint density at radius 2 is 1.64 bits per heavy atom. The molecule has 0 bridgehead atoms. The Kier molecular flexibility index (Phi) is 4.66. The molecule has 1 aliphatic carbocycles. The van der Waals surface area contributed by atoms with Crippen LogP contribution in [0.15, 0.2) is 42.5 Å². The van der Waals surface area contributed by atoms with E-state index < -0.39 is 47.0 Å². The number of imide groups is 1. The number of esters is 1. The summed E-state index contributed by atoms with van der Waals surface area (Å²) in [6.07, 6.45) is 1.14. The Labute approximate surface area is 157 Å². The van der Waals surface area contributed by atoms with E-state index in [0.29, 0.717) is 0 Å². The number of hydrogen-bond acceptors (Lipinski definition) is 5. The average Bonchev–Trinajstić information content (AvgIpc) is 2.90. The van der Waals surface area contributed by atoms with Crippen LogP contribution < -0.4 is 4.90 Å². The summed E-state index contributed by atoms with van der Waals surface area (Å²) in [5.41, 5.74) is -4.45. The lowest BCUT2D eigenvalue weighted by Gasteiger charge is -2.29. The van der Waals surface area contributed by atoms with Crippen molar-refractivity contribution in [3.63, 3.8) is 0 Å². The number of carbonyl (C=O) groups is 3. The van der Waals surface area contributed by atoms with Crippen molar-refractivity contribution in [2.24, 2.45) is 11.8 Å². The lowest BCUT2D eigenvalue weighted by molar-refractivity contribution is -0.266. The Hall–Kier alpha value is -2.94. The molecule has 2 aliphatic rings. The highest BCUT2D eigenvalue weighted by Gasteiger charge is 2.62. The summed E-state index contributed by atoms with van der Waals surface area (Å²) in [7, 11) is 0.727. The first kappa shape index (κ1) is 19.8. The predicted octanol–water partition coefficient (Wildman–Crippen LogP) is 2.15. The molecule has 1 aromatic rings. The van der Waals surface area contributed by atoms with E-state index in [1.54, 1.807) is 24.3 Å². The number of anilines is 1. The van der Waals surface area contributed by atoms with E-state index in [2.05, 4.69) is 4.74 Å². The number of allylic oxidation sites excluding steroid dienone is 2. The van der Waals surface area contributed by atoms with Crippen molar-refractivity contribution < 1.29 is 37.4 Å². The number of halogens is 3. The number of ether oxygens (including phenoxy) is 1. The van der Waals surface area contributed by atoms with Crippen molar-refractivity contribution in [3.05, 3.63) is 53.6 Å². The molecule has 1 fully saturated rings. The number of benzene rings is 1. The minimum atomic E-state index is -5.34. The first-order valence-corrected chi connectivity index (χ1v) is 8.25. The number of nitrogens with zero attached hydrogens (tertiary/aromatic N) is 1. The minimum Gasteiger partial charge on any atom is -0.466 e. The number of methoxy groups -OCH3 is 1. The van der Waals surface area contributed by atoms with Crippen molar-refractivity contribution in [2.75, 3.05) is 12.0 Å². The molecule has 1 aliphatic heterocycles. The van der Waals surface area contributed by atoms with Gasteiger partial charge in [-0.15, -0.1) is 0 Å². The summed E-state index contributed by atoms with van der Waals surface area (Å²) in [5.74, 6) is -4.21. The largest absolute Gasteiger partial charge is 0.466 e. The van der Waals surface area contributed by atoms with Crippen molar-refractivity contribution >= 4 is 23.5 Å². The molecule has 0 saturated carbocycles. The van der Waals surface area contributed by atoms with Gasteiger partial charge in [0.2, 0.25) is 11.8 Å². The zero-order valence-corrected chi connectivity index (χ0v) is 14.9. The molecule has 2 amide bonds. The third-order valence-corrected chi connectivity index (χ3v) is 4.89. The molecule has 1 heterocycles. The Bertz CT molecular complexity index is 891. The summed E-state index contributed by atoms with van der Waals surface area (Å²) < 4.78 is 44.3. The molecule has 0 unspecified atom stereocenters. The van der Waals surface area contributed by atoms with Gasteiger partial charge in [0.15, 0.2) is 0 Å². The fourth-order valence-electron chi connectivity index (χ4n) is 3.40. The van der Waals surface area contributed by atoms with Gasteiger partial charge in [-0.1, -0.05) is 36.4 Å². The van der Waals surface area contributed by atoms with Crippen LogP contribution in [-0.2, 0) is 24.7 Å². The summed E-state index contributed by atoms with van der Waals surface area (Å²) in [6.45, 7) is 1.38. The Morgan fingerprint density at radius 3 is 2.07 bits per heavy atom. The number of aliphatic hydroxyl groups is 1. The van der Waals surface area contributed by atoms with E-state index in [4.69, 9.17) is 0 Å². The number of amides is 2. The predicted molar refractivity (Wildman–Crippen MR) is 90.9 cm³/mol. The normalized spacial score (nSPS) is 23.6. The van der Waals surface area contributed by atoms with Crippen LogP contribution in [0.5, 0.6) is 0 Å². The number of alkyl halides is 3. The van der Waals surface area contributed by atoms with Crippen molar-refractivity contribution in [1.82, 2.24) is 0 Å². The van der Waals surface area contributed by atoms with Crippen molar-refractivity contribution in [1.29, 1.82) is 0 Å². The average molecular weight is 395 g/mol. The number of aryl methyl sites for hydroxylation is 1. The monoisotopic (exact) mass is 395 g/mol. The van der Waals surface area contributed by atoms with Crippen LogP contribution in [0.3, 0.4) is 0 Å². The van der Waals surface area contributed by atoms with Gasteiger partial charge >= 0.3 is 12.1 Å². The van der Waals surface area contributed by atoms with Gasteiger partial charge in [-0.3, -0.25) is 9.59 Å². The molecular weight excluding hydrogens is 379 g/mol. The number of hydrogen-bond donors (Lipinski definition) is 1. The van der Waals surface area contributed by atoms with Crippen LogP contribution in [0.4, 0.5) is 18.9 Å². The van der Waals surface area contributed by atoms with Crippen molar-refractivity contribution in [2.45, 2.75) is 18.7 Å². The summed E-state index contributed by atoms with van der Waals surface area (Å²) >= 11 is 0. The molecule has 3 rings (SSSR count). The highest BCUT2D eigenvalue weighted by Crippen LogP contribution is 2.42. The first-order valence-electron chi connectivity index (χ1n) is 8.25.